The molecule has 0 amide bonds. The summed E-state index contributed by atoms with van der Waals surface area (Å²) in [5.74, 6) is 1.75. The Morgan fingerprint density at radius 1 is 1.53 bits per heavy atom. The number of halogens is 1. The Balaban J connectivity index is 2.12. The van der Waals surface area contributed by atoms with Crippen LogP contribution in [0.5, 0.6) is 5.75 Å². The number of amidine groups is 1. The minimum absolute atomic E-state index is 0.647. The molecule has 4 heteroatoms. The molecular weight excluding hydrogens is 212 g/mol. The SMILES string of the molecule is COc1ccc(CC2=NCCN2)cc1Cl. The van der Waals surface area contributed by atoms with Crippen molar-refractivity contribution in [3.63, 3.8) is 0 Å². The highest BCUT2D eigenvalue weighted by molar-refractivity contribution is 6.32. The lowest BCUT2D eigenvalue weighted by Gasteiger charge is -2.06. The van der Waals surface area contributed by atoms with Crippen molar-refractivity contribution in [2.75, 3.05) is 20.2 Å². The van der Waals surface area contributed by atoms with Crippen LogP contribution in [0, 0.1) is 0 Å². The van der Waals surface area contributed by atoms with Gasteiger partial charge in [-0.25, -0.2) is 0 Å². The molecule has 0 aromatic heterocycles. The number of hydrogen-bond acceptors (Lipinski definition) is 3. The first-order valence-corrected chi connectivity index (χ1v) is 5.27. The van der Waals surface area contributed by atoms with E-state index in [0.29, 0.717) is 10.8 Å². The van der Waals surface area contributed by atoms with Crippen molar-refractivity contribution < 1.29 is 4.74 Å². The number of rotatable bonds is 3. The van der Waals surface area contributed by atoms with Gasteiger partial charge in [-0.3, -0.25) is 4.99 Å². The highest BCUT2D eigenvalue weighted by atomic mass is 35.5. The van der Waals surface area contributed by atoms with Crippen molar-refractivity contribution in [2.45, 2.75) is 6.42 Å². The minimum atomic E-state index is 0.647. The van der Waals surface area contributed by atoms with Gasteiger partial charge in [-0.1, -0.05) is 17.7 Å². The number of nitrogens with one attached hydrogen (secondary N) is 1. The summed E-state index contributed by atoms with van der Waals surface area (Å²) in [6.07, 6.45) is 0.809. The van der Waals surface area contributed by atoms with Crippen LogP contribution in [0.1, 0.15) is 5.56 Å². The molecule has 0 saturated carbocycles. The third kappa shape index (κ3) is 2.42. The fourth-order valence-electron chi connectivity index (χ4n) is 1.58. The van der Waals surface area contributed by atoms with Gasteiger partial charge >= 0.3 is 0 Å². The molecule has 0 saturated heterocycles. The first-order valence-electron chi connectivity index (χ1n) is 4.89. The van der Waals surface area contributed by atoms with Crippen molar-refractivity contribution in [1.82, 2.24) is 5.32 Å². The average molecular weight is 225 g/mol. The summed E-state index contributed by atoms with van der Waals surface area (Å²) in [6.45, 7) is 1.82. The van der Waals surface area contributed by atoms with E-state index in [1.807, 2.05) is 18.2 Å². The highest BCUT2D eigenvalue weighted by Crippen LogP contribution is 2.25. The molecule has 1 N–H and O–H groups in total. The third-order valence-electron chi connectivity index (χ3n) is 2.33. The molecule has 0 bridgehead atoms. The summed E-state index contributed by atoms with van der Waals surface area (Å²) >= 11 is 6.03. The zero-order valence-electron chi connectivity index (χ0n) is 8.59. The molecule has 0 radical (unpaired) electrons. The maximum absolute atomic E-state index is 6.03. The first kappa shape index (κ1) is 10.3. The fraction of sp³-hybridized carbons (Fsp3) is 0.364. The number of benzene rings is 1. The molecule has 0 atom stereocenters. The Kier molecular flexibility index (Phi) is 3.11. The van der Waals surface area contributed by atoms with Crippen LogP contribution in [-0.4, -0.2) is 26.0 Å². The zero-order valence-corrected chi connectivity index (χ0v) is 9.34. The molecule has 0 unspecified atom stereocenters. The largest absolute Gasteiger partial charge is 0.495 e. The quantitative estimate of drug-likeness (QED) is 0.851. The minimum Gasteiger partial charge on any atom is -0.495 e. The number of ether oxygens (including phenoxy) is 1. The van der Waals surface area contributed by atoms with Gasteiger partial charge in [0, 0.05) is 13.0 Å². The summed E-state index contributed by atoms with van der Waals surface area (Å²) < 4.78 is 5.09. The predicted molar refractivity (Wildman–Crippen MR) is 62.0 cm³/mol. The number of nitrogens with zero attached hydrogens (tertiary/aromatic N) is 1. The standard InChI is InChI=1S/C11H13ClN2O/c1-15-10-3-2-8(6-9(10)12)7-11-13-4-5-14-11/h2-3,6H,4-5,7H2,1H3,(H,13,14). The lowest BCUT2D eigenvalue weighted by atomic mass is 10.1. The van der Waals surface area contributed by atoms with Crippen LogP contribution >= 0.6 is 11.6 Å². The van der Waals surface area contributed by atoms with E-state index < -0.39 is 0 Å². The van der Waals surface area contributed by atoms with Gasteiger partial charge in [0.25, 0.3) is 0 Å². The van der Waals surface area contributed by atoms with E-state index in [2.05, 4.69) is 10.3 Å². The summed E-state index contributed by atoms with van der Waals surface area (Å²) in [5, 5.41) is 3.88. The van der Waals surface area contributed by atoms with E-state index in [9.17, 15) is 0 Å². The molecule has 0 aliphatic carbocycles. The Bertz CT molecular complexity index is 390. The van der Waals surface area contributed by atoms with Crippen LogP contribution in [0.3, 0.4) is 0 Å². The molecular formula is C11H13ClN2O. The Morgan fingerprint density at radius 3 is 3.00 bits per heavy atom. The summed E-state index contributed by atoms with van der Waals surface area (Å²) in [7, 11) is 1.61. The van der Waals surface area contributed by atoms with Crippen molar-refractivity contribution in [2.24, 2.45) is 4.99 Å². The van der Waals surface area contributed by atoms with Crippen molar-refractivity contribution in [3.05, 3.63) is 28.8 Å². The van der Waals surface area contributed by atoms with E-state index in [0.717, 1.165) is 30.9 Å². The molecule has 1 aliphatic heterocycles. The van der Waals surface area contributed by atoms with E-state index in [1.165, 1.54) is 0 Å². The maximum atomic E-state index is 6.03. The topological polar surface area (TPSA) is 33.6 Å². The zero-order chi connectivity index (χ0) is 10.7. The van der Waals surface area contributed by atoms with E-state index >= 15 is 0 Å². The second kappa shape index (κ2) is 4.53. The number of aliphatic imine (C=N–C) groups is 1. The molecule has 0 spiro atoms. The van der Waals surface area contributed by atoms with Gasteiger partial charge in [-0.05, 0) is 17.7 Å². The average Bonchev–Trinajstić information content (AvgIpc) is 2.71. The van der Waals surface area contributed by atoms with Crippen molar-refractivity contribution in [1.29, 1.82) is 0 Å². The van der Waals surface area contributed by atoms with Crippen LogP contribution in [0.4, 0.5) is 0 Å². The van der Waals surface area contributed by atoms with Gasteiger partial charge in [0.2, 0.25) is 0 Å². The van der Waals surface area contributed by atoms with Crippen LogP contribution < -0.4 is 10.1 Å². The van der Waals surface area contributed by atoms with E-state index in [4.69, 9.17) is 16.3 Å². The van der Waals surface area contributed by atoms with Gasteiger partial charge in [-0.2, -0.15) is 0 Å². The Labute approximate surface area is 94.1 Å². The molecule has 1 heterocycles. The van der Waals surface area contributed by atoms with Crippen LogP contribution in [0.2, 0.25) is 5.02 Å². The molecule has 80 valence electrons. The third-order valence-corrected chi connectivity index (χ3v) is 2.63. The van der Waals surface area contributed by atoms with Crippen LogP contribution in [-0.2, 0) is 6.42 Å². The lowest BCUT2D eigenvalue weighted by molar-refractivity contribution is 0.415. The molecule has 15 heavy (non-hydrogen) atoms. The van der Waals surface area contributed by atoms with Crippen LogP contribution in [0.15, 0.2) is 23.2 Å². The normalized spacial score (nSPS) is 14.7. The van der Waals surface area contributed by atoms with Gasteiger partial charge in [0.15, 0.2) is 0 Å². The second-order valence-electron chi connectivity index (χ2n) is 3.40. The fourth-order valence-corrected chi connectivity index (χ4v) is 1.86. The number of methoxy groups -OCH3 is 1. The smallest absolute Gasteiger partial charge is 0.137 e. The molecule has 3 nitrogen and oxygen atoms in total. The summed E-state index contributed by atoms with van der Waals surface area (Å²) in [5.41, 5.74) is 1.15. The van der Waals surface area contributed by atoms with E-state index in [-0.39, 0.29) is 0 Å². The molecule has 2 rings (SSSR count). The van der Waals surface area contributed by atoms with Crippen molar-refractivity contribution in [3.8, 4) is 5.75 Å². The molecule has 1 aromatic carbocycles. The van der Waals surface area contributed by atoms with Crippen molar-refractivity contribution >= 4 is 17.4 Å². The lowest BCUT2D eigenvalue weighted by Crippen LogP contribution is -2.20. The van der Waals surface area contributed by atoms with Gasteiger partial charge < -0.3 is 10.1 Å². The second-order valence-corrected chi connectivity index (χ2v) is 3.81. The summed E-state index contributed by atoms with van der Waals surface area (Å²) in [4.78, 5) is 4.33. The predicted octanol–water partition coefficient (Wildman–Crippen LogP) is 1.89. The monoisotopic (exact) mass is 224 g/mol. The Hall–Kier alpha value is -1.22. The summed E-state index contributed by atoms with van der Waals surface area (Å²) in [6, 6.07) is 5.81. The highest BCUT2D eigenvalue weighted by Gasteiger charge is 2.07. The molecule has 0 fully saturated rings. The Morgan fingerprint density at radius 2 is 2.40 bits per heavy atom. The van der Waals surface area contributed by atoms with E-state index in [1.54, 1.807) is 7.11 Å². The maximum Gasteiger partial charge on any atom is 0.137 e. The van der Waals surface area contributed by atoms with Gasteiger partial charge in [0.05, 0.1) is 18.7 Å². The number of hydrogen-bond donors (Lipinski definition) is 1. The molecule has 1 aliphatic rings. The van der Waals surface area contributed by atoms with Gasteiger partial charge in [0.1, 0.15) is 11.6 Å². The van der Waals surface area contributed by atoms with Gasteiger partial charge in [-0.15, -0.1) is 0 Å². The van der Waals surface area contributed by atoms with Crippen LogP contribution in [0.25, 0.3) is 0 Å². The first-order chi connectivity index (χ1) is 7.29. The molecule has 1 aromatic rings.